The number of rotatable bonds is 3. The van der Waals surface area contributed by atoms with Gasteiger partial charge >= 0.3 is 0 Å². The Bertz CT molecular complexity index is 462. The zero-order valence-electron chi connectivity index (χ0n) is 9.34. The van der Waals surface area contributed by atoms with Crippen molar-refractivity contribution < 1.29 is 13.2 Å². The Morgan fingerprint density at radius 1 is 1.71 bits per heavy atom. The molecular weight excluding hydrogens is 310 g/mol. The van der Waals surface area contributed by atoms with Gasteiger partial charge in [0.25, 0.3) is 10.0 Å². The van der Waals surface area contributed by atoms with E-state index in [4.69, 9.17) is 4.74 Å². The number of aromatic amines is 1. The zero-order valence-corrected chi connectivity index (χ0v) is 11.7. The van der Waals surface area contributed by atoms with E-state index in [-0.39, 0.29) is 17.2 Å². The highest BCUT2D eigenvalue weighted by Crippen LogP contribution is 2.21. The van der Waals surface area contributed by atoms with Gasteiger partial charge in [0.05, 0.1) is 18.9 Å². The first-order valence-electron chi connectivity index (χ1n) is 5.24. The Balaban J connectivity index is 2.26. The number of alkyl halides is 1. The molecule has 8 heteroatoms. The molecule has 2 heterocycles. The van der Waals surface area contributed by atoms with E-state index in [1.165, 1.54) is 16.6 Å². The predicted molar refractivity (Wildman–Crippen MR) is 65.5 cm³/mol. The molecule has 1 aliphatic rings. The molecular formula is C9H14BrN3O3S. The average molecular weight is 324 g/mol. The third kappa shape index (κ3) is 2.54. The smallest absolute Gasteiger partial charge is 0.260 e. The number of nitrogens with one attached hydrogen (secondary N) is 1. The minimum absolute atomic E-state index is 0.108. The summed E-state index contributed by atoms with van der Waals surface area (Å²) in [5, 5.41) is 6.92. The summed E-state index contributed by atoms with van der Waals surface area (Å²) in [6, 6.07) is 1.29. The molecule has 1 aromatic rings. The molecule has 6 nitrogen and oxygen atoms in total. The van der Waals surface area contributed by atoms with Crippen LogP contribution in [0.5, 0.6) is 0 Å². The van der Waals surface area contributed by atoms with Crippen molar-refractivity contribution in [2.75, 3.05) is 18.5 Å². The van der Waals surface area contributed by atoms with Crippen molar-refractivity contribution >= 4 is 26.0 Å². The summed E-state index contributed by atoms with van der Waals surface area (Å²) in [5.74, 6) is 0. The molecule has 0 radical (unpaired) electrons. The van der Waals surface area contributed by atoms with Crippen LogP contribution < -0.4 is 0 Å². The molecule has 0 aliphatic carbocycles. The first-order valence-corrected chi connectivity index (χ1v) is 7.80. The minimum atomic E-state index is -3.50. The highest BCUT2D eigenvalue weighted by Gasteiger charge is 2.35. The molecule has 0 saturated carbocycles. The van der Waals surface area contributed by atoms with E-state index in [1.54, 1.807) is 0 Å². The van der Waals surface area contributed by atoms with E-state index in [0.717, 1.165) is 0 Å². The number of hydrogen-bond acceptors (Lipinski definition) is 4. The van der Waals surface area contributed by atoms with Crippen LogP contribution in [-0.4, -0.2) is 53.5 Å². The van der Waals surface area contributed by atoms with Gasteiger partial charge in [-0.1, -0.05) is 15.9 Å². The maximum atomic E-state index is 12.3. The number of nitrogens with zero attached hydrogens (tertiary/aromatic N) is 2. The van der Waals surface area contributed by atoms with E-state index < -0.39 is 10.0 Å². The molecule has 2 unspecified atom stereocenters. The largest absolute Gasteiger partial charge is 0.374 e. The monoisotopic (exact) mass is 323 g/mol. The summed E-state index contributed by atoms with van der Waals surface area (Å²) in [5.41, 5.74) is 0. The van der Waals surface area contributed by atoms with Crippen molar-refractivity contribution in [1.82, 2.24) is 14.5 Å². The van der Waals surface area contributed by atoms with Gasteiger partial charge < -0.3 is 4.74 Å². The standard InChI is InChI=1S/C9H14BrN3O3S/c1-7-6-16-8(4-10)5-13(7)17(14,15)9-2-3-11-12-9/h2-3,7-8H,4-6H2,1H3,(H,11,12). The molecule has 2 rings (SSSR count). The SMILES string of the molecule is CC1COC(CBr)CN1S(=O)(=O)c1ccn[nH]1. The fourth-order valence-electron chi connectivity index (χ4n) is 1.73. The van der Waals surface area contributed by atoms with E-state index in [9.17, 15) is 8.42 Å². The Labute approximate surface area is 109 Å². The molecule has 0 spiro atoms. The predicted octanol–water partition coefficient (Wildman–Crippen LogP) is 0.583. The second-order valence-electron chi connectivity index (χ2n) is 3.95. The summed E-state index contributed by atoms with van der Waals surface area (Å²) in [6.45, 7) is 2.59. The maximum absolute atomic E-state index is 12.3. The van der Waals surface area contributed by atoms with Crippen LogP contribution in [-0.2, 0) is 14.8 Å². The topological polar surface area (TPSA) is 75.3 Å². The number of morpholine rings is 1. The van der Waals surface area contributed by atoms with Crippen molar-refractivity contribution in [3.05, 3.63) is 12.3 Å². The molecule has 1 aromatic heterocycles. The Morgan fingerprint density at radius 2 is 2.47 bits per heavy atom. The molecule has 0 amide bonds. The summed E-state index contributed by atoms with van der Waals surface area (Å²) >= 11 is 3.31. The Morgan fingerprint density at radius 3 is 3.06 bits per heavy atom. The first kappa shape index (κ1) is 13.0. The summed E-state index contributed by atoms with van der Waals surface area (Å²) in [6.07, 6.45) is 1.32. The van der Waals surface area contributed by atoms with Gasteiger partial charge in [0.2, 0.25) is 0 Å². The van der Waals surface area contributed by atoms with Crippen LogP contribution in [0.3, 0.4) is 0 Å². The molecule has 1 fully saturated rings. The summed E-state index contributed by atoms with van der Waals surface area (Å²) in [7, 11) is -3.50. The van der Waals surface area contributed by atoms with E-state index >= 15 is 0 Å². The lowest BCUT2D eigenvalue weighted by Gasteiger charge is -2.35. The maximum Gasteiger partial charge on any atom is 0.260 e. The molecule has 17 heavy (non-hydrogen) atoms. The fraction of sp³-hybridized carbons (Fsp3) is 0.667. The average Bonchev–Trinajstić information content (AvgIpc) is 2.83. The van der Waals surface area contributed by atoms with Crippen LogP contribution in [0, 0.1) is 0 Å². The Hall–Kier alpha value is -0.440. The van der Waals surface area contributed by atoms with Crippen LogP contribution in [0.2, 0.25) is 0 Å². The number of halogens is 1. The van der Waals surface area contributed by atoms with E-state index in [0.29, 0.717) is 18.5 Å². The number of sulfonamides is 1. The van der Waals surface area contributed by atoms with Gasteiger partial charge in [0, 0.05) is 17.9 Å². The van der Waals surface area contributed by atoms with Gasteiger partial charge in [-0.3, -0.25) is 5.10 Å². The normalized spacial score (nSPS) is 27.2. The van der Waals surface area contributed by atoms with Crippen LogP contribution >= 0.6 is 15.9 Å². The first-order chi connectivity index (χ1) is 8.05. The van der Waals surface area contributed by atoms with E-state index in [2.05, 4.69) is 26.1 Å². The molecule has 2 atom stereocenters. The van der Waals surface area contributed by atoms with Crippen molar-refractivity contribution in [3.63, 3.8) is 0 Å². The molecule has 1 aliphatic heterocycles. The second-order valence-corrected chi connectivity index (χ2v) is 6.46. The minimum Gasteiger partial charge on any atom is -0.374 e. The number of H-pyrrole nitrogens is 1. The third-order valence-electron chi connectivity index (χ3n) is 2.68. The van der Waals surface area contributed by atoms with Gasteiger partial charge in [-0.15, -0.1) is 0 Å². The summed E-state index contributed by atoms with van der Waals surface area (Å²) in [4.78, 5) is 0. The Kier molecular flexibility index (Phi) is 3.86. The van der Waals surface area contributed by atoms with Gasteiger partial charge in [0.15, 0.2) is 5.03 Å². The van der Waals surface area contributed by atoms with Gasteiger partial charge in [-0.2, -0.15) is 9.40 Å². The summed E-state index contributed by atoms with van der Waals surface area (Å²) < 4.78 is 31.6. The van der Waals surface area contributed by atoms with Crippen LogP contribution in [0.1, 0.15) is 6.92 Å². The highest BCUT2D eigenvalue weighted by molar-refractivity contribution is 9.09. The van der Waals surface area contributed by atoms with Crippen LogP contribution in [0.15, 0.2) is 17.3 Å². The lowest BCUT2D eigenvalue weighted by molar-refractivity contribution is -0.0140. The van der Waals surface area contributed by atoms with E-state index in [1.807, 2.05) is 6.92 Å². The number of aromatic nitrogens is 2. The van der Waals surface area contributed by atoms with Crippen LogP contribution in [0.4, 0.5) is 0 Å². The number of hydrogen-bond donors (Lipinski definition) is 1. The van der Waals surface area contributed by atoms with Crippen molar-refractivity contribution in [2.24, 2.45) is 0 Å². The highest BCUT2D eigenvalue weighted by atomic mass is 79.9. The third-order valence-corrected chi connectivity index (χ3v) is 5.31. The molecule has 1 saturated heterocycles. The van der Waals surface area contributed by atoms with Gasteiger partial charge in [-0.05, 0) is 13.0 Å². The molecule has 0 bridgehead atoms. The van der Waals surface area contributed by atoms with Crippen molar-refractivity contribution in [1.29, 1.82) is 0 Å². The molecule has 96 valence electrons. The van der Waals surface area contributed by atoms with Crippen molar-refractivity contribution in [3.8, 4) is 0 Å². The zero-order chi connectivity index (χ0) is 12.5. The second kappa shape index (κ2) is 5.05. The van der Waals surface area contributed by atoms with Crippen molar-refractivity contribution in [2.45, 2.75) is 24.1 Å². The number of ether oxygens (including phenoxy) is 1. The van der Waals surface area contributed by atoms with Gasteiger partial charge in [0.1, 0.15) is 0 Å². The van der Waals surface area contributed by atoms with Gasteiger partial charge in [-0.25, -0.2) is 8.42 Å². The quantitative estimate of drug-likeness (QED) is 0.826. The fourth-order valence-corrected chi connectivity index (χ4v) is 3.68. The van der Waals surface area contributed by atoms with Crippen LogP contribution in [0.25, 0.3) is 0 Å². The molecule has 1 N–H and O–H groups in total. The molecule has 0 aromatic carbocycles. The lowest BCUT2D eigenvalue weighted by atomic mass is 10.2. The lowest BCUT2D eigenvalue weighted by Crippen LogP contribution is -2.51.